The fourth-order valence-corrected chi connectivity index (χ4v) is 5.84. The highest BCUT2D eigenvalue weighted by molar-refractivity contribution is 5.94. The van der Waals surface area contributed by atoms with Crippen LogP contribution in [0, 0.1) is 17.3 Å². The number of aliphatic carboxylic acids is 1. The van der Waals surface area contributed by atoms with Crippen molar-refractivity contribution in [2.75, 3.05) is 6.61 Å². The highest BCUT2D eigenvalue weighted by Crippen LogP contribution is 2.56. The lowest BCUT2D eigenvalue weighted by Crippen LogP contribution is -2.43. The van der Waals surface area contributed by atoms with E-state index in [-0.39, 0.29) is 37.1 Å². The average molecular weight is 523 g/mol. The molecule has 0 aliphatic heterocycles. The highest BCUT2D eigenvalue weighted by atomic mass is 16.5. The van der Waals surface area contributed by atoms with Crippen molar-refractivity contribution in [3.63, 3.8) is 0 Å². The summed E-state index contributed by atoms with van der Waals surface area (Å²) >= 11 is 0. The van der Waals surface area contributed by atoms with E-state index in [1.165, 1.54) is 13.8 Å². The molecule has 208 valence electrons. The summed E-state index contributed by atoms with van der Waals surface area (Å²) in [5.41, 5.74) is -2.20. The Morgan fingerprint density at radius 3 is 2.32 bits per heavy atom. The Kier molecular flexibility index (Phi) is 9.87. The number of rotatable bonds is 8. The third-order valence-electron chi connectivity index (χ3n) is 7.86. The maximum Gasteiger partial charge on any atom is 0.309 e. The number of allylic oxidation sites excluding steroid dienone is 1. The minimum atomic E-state index is -1.77. The van der Waals surface area contributed by atoms with E-state index < -0.39 is 53.5 Å². The van der Waals surface area contributed by atoms with Gasteiger partial charge in [0.05, 0.1) is 24.0 Å². The normalized spacial score (nSPS) is 30.2. The highest BCUT2D eigenvalue weighted by Gasteiger charge is 2.54. The van der Waals surface area contributed by atoms with Crippen molar-refractivity contribution >= 4 is 23.7 Å². The minimum Gasteiger partial charge on any atom is -0.481 e. The van der Waals surface area contributed by atoms with Crippen LogP contribution in [0.25, 0.3) is 0 Å². The van der Waals surface area contributed by atoms with Crippen LogP contribution in [0.4, 0.5) is 0 Å². The standard InChI is InChI=1S/C28H42O9/c1-17-7-9-21-20(26(3,4)34)11-12-28(21,6)23(37-18(2)29)13-19(8-10-22(17)30)16-36-25(33)15-27(5,35)14-24(31)32/h13,20-21,23,34-35H,1,7-12,14-16H2,2-6H3,(H,31,32)/b19-13-/t20-,21+,23?,27?,28+/m1/s1. The molecule has 3 N–H and O–H groups in total. The van der Waals surface area contributed by atoms with Gasteiger partial charge in [-0.05, 0) is 81.9 Å². The number of carboxylic acids is 1. The zero-order chi connectivity index (χ0) is 28.2. The number of hydrogen-bond donors (Lipinski definition) is 3. The molecule has 2 aliphatic rings. The lowest BCUT2D eigenvalue weighted by molar-refractivity contribution is -0.153. The van der Waals surface area contributed by atoms with Gasteiger partial charge in [0.1, 0.15) is 12.7 Å². The number of aliphatic hydroxyl groups is 2. The Bertz CT molecular complexity index is 940. The van der Waals surface area contributed by atoms with Crippen LogP contribution < -0.4 is 0 Å². The lowest BCUT2D eigenvalue weighted by Gasteiger charge is -2.42. The third-order valence-corrected chi connectivity index (χ3v) is 7.86. The van der Waals surface area contributed by atoms with Gasteiger partial charge in [-0.2, -0.15) is 0 Å². The van der Waals surface area contributed by atoms with Crippen LogP contribution in [0.15, 0.2) is 23.8 Å². The van der Waals surface area contributed by atoms with Crippen LogP contribution in [0.1, 0.15) is 86.0 Å². The molecule has 0 aromatic carbocycles. The fourth-order valence-electron chi connectivity index (χ4n) is 5.84. The van der Waals surface area contributed by atoms with Crippen LogP contribution >= 0.6 is 0 Å². The molecule has 0 aromatic rings. The average Bonchev–Trinajstić information content (AvgIpc) is 3.08. The Balaban J connectivity index is 2.40. The van der Waals surface area contributed by atoms with E-state index in [1.54, 1.807) is 19.9 Å². The van der Waals surface area contributed by atoms with Gasteiger partial charge in [-0.1, -0.05) is 13.5 Å². The molecule has 9 nitrogen and oxygen atoms in total. The summed E-state index contributed by atoms with van der Waals surface area (Å²) in [5.74, 6) is -2.74. The van der Waals surface area contributed by atoms with Gasteiger partial charge in [0.2, 0.25) is 0 Å². The van der Waals surface area contributed by atoms with E-state index in [0.717, 1.165) is 6.42 Å². The molecule has 0 amide bonds. The van der Waals surface area contributed by atoms with Gasteiger partial charge in [0, 0.05) is 18.8 Å². The summed E-state index contributed by atoms with van der Waals surface area (Å²) < 4.78 is 11.2. The first-order valence-electron chi connectivity index (χ1n) is 12.8. The first-order valence-corrected chi connectivity index (χ1v) is 12.8. The molecule has 1 saturated carbocycles. The quantitative estimate of drug-likeness (QED) is 0.247. The summed E-state index contributed by atoms with van der Waals surface area (Å²) in [6.45, 7) is 11.9. The molecule has 0 saturated heterocycles. The molecule has 37 heavy (non-hydrogen) atoms. The topological polar surface area (TPSA) is 147 Å². The Hall–Kier alpha value is -2.52. The van der Waals surface area contributed by atoms with E-state index in [0.29, 0.717) is 30.4 Å². The van der Waals surface area contributed by atoms with Crippen molar-refractivity contribution in [1.29, 1.82) is 0 Å². The minimum absolute atomic E-state index is 0.0642. The monoisotopic (exact) mass is 522 g/mol. The lowest BCUT2D eigenvalue weighted by atomic mass is 9.67. The summed E-state index contributed by atoms with van der Waals surface area (Å²) in [4.78, 5) is 48.2. The largest absolute Gasteiger partial charge is 0.481 e. The number of ether oxygens (including phenoxy) is 2. The summed E-state index contributed by atoms with van der Waals surface area (Å²) in [6.07, 6.45) is 2.85. The molecule has 0 radical (unpaired) electrons. The molecule has 0 aromatic heterocycles. The number of esters is 2. The van der Waals surface area contributed by atoms with Crippen LogP contribution in [0.3, 0.4) is 0 Å². The van der Waals surface area contributed by atoms with Crippen molar-refractivity contribution in [3.8, 4) is 0 Å². The smallest absolute Gasteiger partial charge is 0.309 e. The second kappa shape index (κ2) is 11.9. The van der Waals surface area contributed by atoms with E-state index in [9.17, 15) is 29.4 Å². The maximum absolute atomic E-state index is 12.8. The SMILES string of the molecule is C=C1CC[C@H]2[C@H](C(C)(C)O)CC[C@]2(C)C(OC(C)=O)/C=C(\COC(=O)CC(C)(O)CC(=O)O)CCC1=O. The van der Waals surface area contributed by atoms with Crippen molar-refractivity contribution in [2.45, 2.75) is 103 Å². The van der Waals surface area contributed by atoms with Crippen LogP contribution in [0.5, 0.6) is 0 Å². The van der Waals surface area contributed by atoms with Crippen LogP contribution in [-0.2, 0) is 28.7 Å². The van der Waals surface area contributed by atoms with Gasteiger partial charge in [-0.15, -0.1) is 0 Å². The molecular formula is C28H42O9. The van der Waals surface area contributed by atoms with Crippen LogP contribution in [-0.4, -0.2) is 62.9 Å². The zero-order valence-corrected chi connectivity index (χ0v) is 22.7. The third kappa shape index (κ3) is 8.50. The first kappa shape index (κ1) is 30.7. The van der Waals surface area contributed by atoms with E-state index >= 15 is 0 Å². The van der Waals surface area contributed by atoms with Gasteiger partial charge in [0.15, 0.2) is 5.78 Å². The number of ketones is 1. The molecule has 2 rings (SSSR count). The van der Waals surface area contributed by atoms with Crippen molar-refractivity contribution < 1.29 is 44.0 Å². The molecular weight excluding hydrogens is 480 g/mol. The second-order valence-electron chi connectivity index (χ2n) is 11.7. The van der Waals surface area contributed by atoms with E-state index in [2.05, 4.69) is 6.58 Å². The number of fused-ring (bicyclic) bond motifs is 1. The first-order chi connectivity index (χ1) is 16.9. The summed E-state index contributed by atoms with van der Waals surface area (Å²) in [5, 5.41) is 30.0. The van der Waals surface area contributed by atoms with Crippen LogP contribution in [0.2, 0.25) is 0 Å². The number of hydrogen-bond acceptors (Lipinski definition) is 8. The Morgan fingerprint density at radius 1 is 1.11 bits per heavy atom. The van der Waals surface area contributed by atoms with Crippen molar-refractivity contribution in [2.24, 2.45) is 17.3 Å². The molecule has 2 unspecified atom stereocenters. The molecule has 0 spiro atoms. The summed E-state index contributed by atoms with van der Waals surface area (Å²) in [6, 6.07) is 0. The molecule has 5 atom stereocenters. The predicted octanol–water partition coefficient (Wildman–Crippen LogP) is 3.51. The van der Waals surface area contributed by atoms with Crippen molar-refractivity contribution in [1.82, 2.24) is 0 Å². The molecule has 0 bridgehead atoms. The molecule has 2 aliphatic carbocycles. The second-order valence-corrected chi connectivity index (χ2v) is 11.7. The predicted molar refractivity (Wildman–Crippen MR) is 135 cm³/mol. The molecule has 9 heteroatoms. The Morgan fingerprint density at radius 2 is 1.76 bits per heavy atom. The summed E-state index contributed by atoms with van der Waals surface area (Å²) in [7, 11) is 0. The number of carbonyl (C=O) groups excluding carboxylic acids is 3. The van der Waals surface area contributed by atoms with Gasteiger partial charge in [-0.3, -0.25) is 19.2 Å². The van der Waals surface area contributed by atoms with Crippen molar-refractivity contribution in [3.05, 3.63) is 23.8 Å². The van der Waals surface area contributed by atoms with Gasteiger partial charge in [-0.25, -0.2) is 0 Å². The molecule has 1 fully saturated rings. The zero-order valence-electron chi connectivity index (χ0n) is 22.7. The number of Topliss-reactive ketones (excluding diaryl/α,β-unsaturated/α-hetero) is 1. The Labute approximate surface area is 218 Å². The number of carbonyl (C=O) groups is 4. The van der Waals surface area contributed by atoms with E-state index in [4.69, 9.17) is 14.6 Å². The maximum atomic E-state index is 12.8. The molecule has 0 heterocycles. The fraction of sp³-hybridized carbons (Fsp3) is 0.714. The van der Waals surface area contributed by atoms with E-state index in [1.807, 2.05) is 6.92 Å². The van der Waals surface area contributed by atoms with Gasteiger partial charge < -0.3 is 24.8 Å². The van der Waals surface area contributed by atoms with Gasteiger partial charge >= 0.3 is 17.9 Å². The van der Waals surface area contributed by atoms with Gasteiger partial charge in [0.25, 0.3) is 0 Å². The number of carboxylic acid groups (broad SMARTS) is 1.